The maximum absolute atomic E-state index is 12.8. The number of aliphatic hydroxyl groups is 1. The van der Waals surface area contributed by atoms with E-state index in [9.17, 15) is 33.2 Å². The van der Waals surface area contributed by atoms with Crippen molar-refractivity contribution < 1.29 is 28.0 Å². The van der Waals surface area contributed by atoms with Crippen LogP contribution in [0, 0.1) is 16.0 Å². The monoisotopic (exact) mass is 332 g/mol. The fourth-order valence-electron chi connectivity index (χ4n) is 2.42. The van der Waals surface area contributed by atoms with Crippen LogP contribution in [0.15, 0.2) is 18.2 Å². The zero-order valence-corrected chi connectivity index (χ0v) is 12.2. The van der Waals surface area contributed by atoms with E-state index in [4.69, 9.17) is 0 Å². The van der Waals surface area contributed by atoms with Crippen molar-refractivity contribution in [1.82, 2.24) is 4.90 Å². The van der Waals surface area contributed by atoms with Crippen molar-refractivity contribution in [3.63, 3.8) is 0 Å². The van der Waals surface area contributed by atoms with Crippen molar-refractivity contribution in [3.8, 4) is 0 Å². The van der Waals surface area contributed by atoms with Crippen LogP contribution in [-0.2, 0) is 6.18 Å². The zero-order valence-electron chi connectivity index (χ0n) is 12.2. The molecule has 2 rings (SSSR count). The topological polar surface area (TPSA) is 83.7 Å². The second kappa shape index (κ2) is 6.15. The summed E-state index contributed by atoms with van der Waals surface area (Å²) < 4.78 is 38.5. The van der Waals surface area contributed by atoms with Gasteiger partial charge in [0.2, 0.25) is 0 Å². The number of aliphatic hydroxyl groups excluding tert-OH is 1. The quantitative estimate of drug-likeness (QED) is 0.666. The number of hydrogen-bond donors (Lipinski definition) is 1. The summed E-state index contributed by atoms with van der Waals surface area (Å²) in [5.41, 5.74) is -2.46. The molecule has 1 N–H and O–H groups in total. The molecule has 2 unspecified atom stereocenters. The average molecular weight is 332 g/mol. The highest BCUT2D eigenvalue weighted by Gasteiger charge is 2.35. The molecule has 1 saturated heterocycles. The zero-order chi connectivity index (χ0) is 17.4. The molecule has 2 atom stereocenters. The number of nitro benzene ring substituents is 1. The molecule has 6 nitrogen and oxygen atoms in total. The first-order valence-corrected chi connectivity index (χ1v) is 6.93. The van der Waals surface area contributed by atoms with E-state index in [0.29, 0.717) is 18.6 Å². The number of hydrogen-bond acceptors (Lipinski definition) is 4. The number of alkyl halides is 3. The van der Waals surface area contributed by atoms with Crippen molar-refractivity contribution in [3.05, 3.63) is 39.4 Å². The second-order valence-electron chi connectivity index (χ2n) is 5.61. The van der Waals surface area contributed by atoms with E-state index in [1.807, 2.05) is 6.92 Å². The van der Waals surface area contributed by atoms with E-state index in [2.05, 4.69) is 0 Å². The molecule has 1 amide bonds. The number of rotatable bonds is 2. The Morgan fingerprint density at radius 2 is 2.04 bits per heavy atom. The lowest BCUT2D eigenvalue weighted by Gasteiger charge is -2.34. The third-order valence-corrected chi connectivity index (χ3v) is 3.91. The summed E-state index contributed by atoms with van der Waals surface area (Å²) in [6, 6.07) is 1.81. The van der Waals surface area contributed by atoms with Gasteiger partial charge < -0.3 is 10.0 Å². The van der Waals surface area contributed by atoms with Crippen molar-refractivity contribution in [2.45, 2.75) is 25.6 Å². The largest absolute Gasteiger partial charge is 0.416 e. The summed E-state index contributed by atoms with van der Waals surface area (Å²) in [5.74, 6) is -0.778. The summed E-state index contributed by atoms with van der Waals surface area (Å²) in [7, 11) is 0. The minimum absolute atomic E-state index is 0.00988. The molecule has 1 aliphatic rings. The fraction of sp³-hybridized carbons (Fsp3) is 0.500. The van der Waals surface area contributed by atoms with E-state index < -0.39 is 39.9 Å². The van der Waals surface area contributed by atoms with Crippen molar-refractivity contribution in [2.24, 2.45) is 5.92 Å². The molecule has 0 aliphatic carbocycles. The molecule has 0 aromatic heterocycles. The molecule has 0 spiro atoms. The van der Waals surface area contributed by atoms with Gasteiger partial charge in [0.25, 0.3) is 11.6 Å². The highest BCUT2D eigenvalue weighted by molar-refractivity contribution is 5.95. The van der Waals surface area contributed by atoms with Crippen molar-refractivity contribution >= 4 is 11.6 Å². The molecular weight excluding hydrogens is 317 g/mol. The minimum atomic E-state index is -4.79. The van der Waals surface area contributed by atoms with E-state index in [-0.39, 0.29) is 19.0 Å². The first-order valence-electron chi connectivity index (χ1n) is 6.93. The lowest BCUT2D eigenvalue weighted by Crippen LogP contribution is -2.45. The first kappa shape index (κ1) is 17.2. The van der Waals surface area contributed by atoms with Gasteiger partial charge in [0.05, 0.1) is 16.6 Å². The Labute approximate surface area is 129 Å². The molecule has 126 valence electrons. The number of β-amino-alcohol motifs (C(OH)–C–C–N with tert-alkyl or cyclic N) is 1. The van der Waals surface area contributed by atoms with Gasteiger partial charge in [-0.3, -0.25) is 14.9 Å². The Morgan fingerprint density at radius 3 is 2.57 bits per heavy atom. The Balaban J connectivity index is 2.36. The third-order valence-electron chi connectivity index (χ3n) is 3.91. The van der Waals surface area contributed by atoms with Crippen LogP contribution in [0.1, 0.15) is 29.3 Å². The Hall–Kier alpha value is -2.16. The van der Waals surface area contributed by atoms with Gasteiger partial charge in [0.15, 0.2) is 0 Å². The van der Waals surface area contributed by atoms with E-state index in [1.165, 1.54) is 4.90 Å². The van der Waals surface area contributed by atoms with Gasteiger partial charge in [0, 0.05) is 30.8 Å². The van der Waals surface area contributed by atoms with Gasteiger partial charge in [0.1, 0.15) is 0 Å². The van der Waals surface area contributed by atoms with Crippen LogP contribution in [0.25, 0.3) is 0 Å². The number of amides is 1. The SMILES string of the molecule is CC1CCN(C(=O)c2cc([N+](=O)[O-])cc(C(F)(F)F)c2)CC1O. The third kappa shape index (κ3) is 3.79. The van der Waals surface area contributed by atoms with Gasteiger partial charge in [-0.1, -0.05) is 6.92 Å². The van der Waals surface area contributed by atoms with Crippen LogP contribution in [-0.4, -0.2) is 40.0 Å². The van der Waals surface area contributed by atoms with Gasteiger partial charge in [-0.2, -0.15) is 13.2 Å². The van der Waals surface area contributed by atoms with Crippen LogP contribution < -0.4 is 0 Å². The minimum Gasteiger partial charge on any atom is -0.391 e. The van der Waals surface area contributed by atoms with Crippen LogP contribution >= 0.6 is 0 Å². The number of carbonyl (C=O) groups excluding carboxylic acids is 1. The number of halogens is 3. The van der Waals surface area contributed by atoms with Gasteiger partial charge in [-0.05, 0) is 18.4 Å². The first-order chi connectivity index (χ1) is 10.6. The number of nitrogens with zero attached hydrogens (tertiary/aromatic N) is 2. The summed E-state index contributed by atoms with van der Waals surface area (Å²) in [5, 5.41) is 20.6. The number of benzene rings is 1. The summed E-state index contributed by atoms with van der Waals surface area (Å²) >= 11 is 0. The van der Waals surface area contributed by atoms with Gasteiger partial charge in [-0.25, -0.2) is 0 Å². The normalized spacial score (nSPS) is 22.0. The highest BCUT2D eigenvalue weighted by Crippen LogP contribution is 2.33. The number of carbonyl (C=O) groups is 1. The molecule has 0 saturated carbocycles. The predicted octanol–water partition coefficient (Wildman–Crippen LogP) is 2.46. The predicted molar refractivity (Wildman–Crippen MR) is 73.8 cm³/mol. The molecule has 1 fully saturated rings. The molecule has 1 aromatic rings. The Kier molecular flexibility index (Phi) is 4.60. The standard InChI is InChI=1S/C14H15F3N2O4/c1-8-2-3-18(7-12(8)20)13(21)9-4-10(14(15,16)17)6-11(5-9)19(22)23/h4-6,8,12,20H,2-3,7H2,1H3. The summed E-state index contributed by atoms with van der Waals surface area (Å²) in [6.07, 6.45) is -5.06. The summed E-state index contributed by atoms with van der Waals surface area (Å²) in [4.78, 5) is 23.4. The van der Waals surface area contributed by atoms with Crippen LogP contribution in [0.4, 0.5) is 18.9 Å². The Morgan fingerprint density at radius 1 is 1.39 bits per heavy atom. The second-order valence-corrected chi connectivity index (χ2v) is 5.61. The maximum atomic E-state index is 12.8. The molecule has 0 bridgehead atoms. The molecule has 23 heavy (non-hydrogen) atoms. The van der Waals surface area contributed by atoms with E-state index in [1.54, 1.807) is 0 Å². The van der Waals surface area contributed by atoms with Crippen LogP contribution in [0.3, 0.4) is 0 Å². The Bertz CT molecular complexity index is 633. The maximum Gasteiger partial charge on any atom is 0.416 e. The summed E-state index contributed by atoms with van der Waals surface area (Å²) in [6.45, 7) is 2.08. The van der Waals surface area contributed by atoms with Crippen LogP contribution in [0.2, 0.25) is 0 Å². The van der Waals surface area contributed by atoms with Gasteiger partial charge >= 0.3 is 6.18 Å². The highest BCUT2D eigenvalue weighted by atomic mass is 19.4. The number of nitro groups is 1. The molecule has 9 heteroatoms. The number of non-ortho nitro benzene ring substituents is 1. The molecule has 1 aromatic carbocycles. The smallest absolute Gasteiger partial charge is 0.391 e. The fourth-order valence-corrected chi connectivity index (χ4v) is 2.42. The lowest BCUT2D eigenvalue weighted by molar-refractivity contribution is -0.385. The average Bonchev–Trinajstić information content (AvgIpc) is 2.48. The van der Waals surface area contributed by atoms with E-state index >= 15 is 0 Å². The van der Waals surface area contributed by atoms with Crippen LogP contribution in [0.5, 0.6) is 0 Å². The molecule has 0 radical (unpaired) electrons. The number of piperidine rings is 1. The number of likely N-dealkylation sites (tertiary alicyclic amines) is 1. The lowest BCUT2D eigenvalue weighted by atomic mass is 9.95. The van der Waals surface area contributed by atoms with E-state index in [0.717, 1.165) is 6.07 Å². The van der Waals surface area contributed by atoms with Crippen molar-refractivity contribution in [2.75, 3.05) is 13.1 Å². The van der Waals surface area contributed by atoms with Crippen molar-refractivity contribution in [1.29, 1.82) is 0 Å². The van der Waals surface area contributed by atoms with Gasteiger partial charge in [-0.15, -0.1) is 0 Å². The molecular formula is C14H15F3N2O4. The molecule has 1 aliphatic heterocycles. The molecule has 1 heterocycles.